The Morgan fingerprint density at radius 2 is 2.36 bits per heavy atom. The lowest BCUT2D eigenvalue weighted by atomic mass is 9.96. The maximum absolute atomic E-state index is 12.2. The number of hydrogen-bond acceptors (Lipinski definition) is 6. The van der Waals surface area contributed by atoms with Crippen LogP contribution in [0.25, 0.3) is 0 Å². The minimum absolute atomic E-state index is 0.149. The summed E-state index contributed by atoms with van der Waals surface area (Å²) >= 11 is 1.42. The molecule has 3 heterocycles. The molecule has 0 spiro atoms. The van der Waals surface area contributed by atoms with Crippen molar-refractivity contribution in [1.29, 1.82) is 0 Å². The monoisotopic (exact) mass is 317 g/mol. The van der Waals surface area contributed by atoms with Gasteiger partial charge in [-0.3, -0.25) is 9.78 Å². The summed E-state index contributed by atoms with van der Waals surface area (Å²) in [6.07, 6.45) is 2.91. The van der Waals surface area contributed by atoms with Crippen LogP contribution >= 0.6 is 11.3 Å². The fraction of sp³-hybridized carbons (Fsp3) is 0.400. The average molecular weight is 317 g/mol. The quantitative estimate of drug-likeness (QED) is 0.796. The third-order valence-corrected chi connectivity index (χ3v) is 4.71. The van der Waals surface area contributed by atoms with Gasteiger partial charge in [-0.05, 0) is 36.6 Å². The van der Waals surface area contributed by atoms with Crippen LogP contribution < -0.4 is 16.0 Å². The SMILES string of the molecule is CNc1nc(C(=O)NCc2c(C)ncc3c2CCNC3)cs1. The van der Waals surface area contributed by atoms with E-state index in [9.17, 15) is 4.79 Å². The van der Waals surface area contributed by atoms with Gasteiger partial charge in [0.25, 0.3) is 5.91 Å². The van der Waals surface area contributed by atoms with Crippen molar-refractivity contribution in [3.8, 4) is 0 Å². The lowest BCUT2D eigenvalue weighted by Crippen LogP contribution is -2.29. The number of carbonyl (C=O) groups excluding carboxylic acids is 1. The van der Waals surface area contributed by atoms with Crippen LogP contribution in [0.3, 0.4) is 0 Å². The van der Waals surface area contributed by atoms with Gasteiger partial charge in [0, 0.05) is 37.4 Å². The van der Waals surface area contributed by atoms with Gasteiger partial charge in [0.1, 0.15) is 5.69 Å². The maximum atomic E-state index is 12.2. The fourth-order valence-corrected chi connectivity index (χ4v) is 3.28. The van der Waals surface area contributed by atoms with Crippen LogP contribution in [0.4, 0.5) is 5.13 Å². The standard InChI is InChI=1S/C15H19N5OS/c1-9-12(11-3-4-17-5-10(11)6-18-9)7-19-14(21)13-8-22-15(16-2)20-13/h6,8,17H,3-5,7H2,1-2H3,(H,16,20)(H,19,21). The zero-order valence-electron chi connectivity index (χ0n) is 12.7. The highest BCUT2D eigenvalue weighted by molar-refractivity contribution is 7.13. The van der Waals surface area contributed by atoms with E-state index in [0.717, 1.165) is 35.9 Å². The van der Waals surface area contributed by atoms with E-state index < -0.39 is 0 Å². The fourth-order valence-electron chi connectivity index (χ4n) is 2.63. The molecule has 0 atom stereocenters. The lowest BCUT2D eigenvalue weighted by molar-refractivity contribution is 0.0946. The molecule has 0 saturated carbocycles. The predicted molar refractivity (Wildman–Crippen MR) is 87.2 cm³/mol. The molecule has 1 amide bonds. The van der Waals surface area contributed by atoms with Gasteiger partial charge in [0.05, 0.1) is 0 Å². The normalized spacial score (nSPS) is 13.5. The molecule has 0 saturated heterocycles. The highest BCUT2D eigenvalue weighted by Crippen LogP contribution is 2.20. The summed E-state index contributed by atoms with van der Waals surface area (Å²) in [5, 5.41) is 11.7. The van der Waals surface area contributed by atoms with Gasteiger partial charge in [0.15, 0.2) is 5.13 Å². The van der Waals surface area contributed by atoms with Gasteiger partial charge in [-0.2, -0.15) is 0 Å². The Morgan fingerprint density at radius 3 is 3.14 bits per heavy atom. The number of fused-ring (bicyclic) bond motifs is 1. The number of aromatic nitrogens is 2. The third kappa shape index (κ3) is 2.95. The number of nitrogens with zero attached hydrogens (tertiary/aromatic N) is 2. The summed E-state index contributed by atoms with van der Waals surface area (Å²) in [5.41, 5.74) is 5.12. The highest BCUT2D eigenvalue weighted by Gasteiger charge is 2.17. The Morgan fingerprint density at radius 1 is 1.50 bits per heavy atom. The first kappa shape index (κ1) is 14.9. The van der Waals surface area contributed by atoms with Crippen molar-refractivity contribution in [2.24, 2.45) is 0 Å². The van der Waals surface area contributed by atoms with Crippen molar-refractivity contribution in [2.75, 3.05) is 18.9 Å². The molecule has 1 aliphatic rings. The Kier molecular flexibility index (Phi) is 4.35. The number of carbonyl (C=O) groups is 1. The van der Waals surface area contributed by atoms with Gasteiger partial charge < -0.3 is 16.0 Å². The Bertz CT molecular complexity index is 697. The second-order valence-corrected chi connectivity index (χ2v) is 6.08. The second-order valence-electron chi connectivity index (χ2n) is 5.22. The molecule has 3 N–H and O–H groups in total. The van der Waals surface area contributed by atoms with Crippen LogP contribution in [0.5, 0.6) is 0 Å². The second kappa shape index (κ2) is 6.41. The summed E-state index contributed by atoms with van der Waals surface area (Å²) in [6.45, 7) is 4.30. The molecule has 3 rings (SSSR count). The zero-order chi connectivity index (χ0) is 15.5. The Hall–Kier alpha value is -1.99. The Balaban J connectivity index is 1.75. The first-order valence-electron chi connectivity index (χ1n) is 7.27. The molecule has 2 aromatic heterocycles. The molecule has 0 radical (unpaired) electrons. The molecule has 22 heavy (non-hydrogen) atoms. The zero-order valence-corrected chi connectivity index (χ0v) is 13.5. The average Bonchev–Trinajstić information content (AvgIpc) is 3.03. The van der Waals surface area contributed by atoms with Gasteiger partial charge in [-0.1, -0.05) is 0 Å². The number of pyridine rings is 1. The molecule has 6 nitrogen and oxygen atoms in total. The number of rotatable bonds is 4. The molecule has 0 fully saturated rings. The van der Waals surface area contributed by atoms with Crippen LogP contribution in [0.15, 0.2) is 11.6 Å². The van der Waals surface area contributed by atoms with E-state index in [2.05, 4.69) is 25.9 Å². The lowest BCUT2D eigenvalue weighted by Gasteiger charge is -2.21. The molecule has 0 aromatic carbocycles. The summed E-state index contributed by atoms with van der Waals surface area (Å²) in [6, 6.07) is 0. The summed E-state index contributed by atoms with van der Waals surface area (Å²) in [7, 11) is 1.79. The van der Waals surface area contributed by atoms with Gasteiger partial charge >= 0.3 is 0 Å². The van der Waals surface area contributed by atoms with E-state index in [1.165, 1.54) is 22.5 Å². The minimum Gasteiger partial charge on any atom is -0.365 e. The van der Waals surface area contributed by atoms with Crippen LogP contribution in [0.1, 0.15) is 32.9 Å². The van der Waals surface area contributed by atoms with E-state index in [4.69, 9.17) is 0 Å². The predicted octanol–water partition coefficient (Wildman–Crippen LogP) is 1.46. The first-order valence-corrected chi connectivity index (χ1v) is 8.15. The summed E-state index contributed by atoms with van der Waals surface area (Å²) in [4.78, 5) is 20.9. The van der Waals surface area contributed by atoms with Gasteiger partial charge in [0.2, 0.25) is 0 Å². The molecule has 116 valence electrons. The van der Waals surface area contributed by atoms with Gasteiger partial charge in [-0.25, -0.2) is 4.98 Å². The molecular weight excluding hydrogens is 298 g/mol. The van der Waals surface area contributed by atoms with E-state index in [1.54, 1.807) is 12.4 Å². The van der Waals surface area contributed by atoms with Crippen LogP contribution in [0, 0.1) is 6.92 Å². The maximum Gasteiger partial charge on any atom is 0.271 e. The van der Waals surface area contributed by atoms with Crippen molar-refractivity contribution < 1.29 is 4.79 Å². The van der Waals surface area contributed by atoms with E-state index in [-0.39, 0.29) is 5.91 Å². The van der Waals surface area contributed by atoms with E-state index in [1.807, 2.05) is 13.1 Å². The number of nitrogens with one attached hydrogen (secondary N) is 3. The minimum atomic E-state index is -0.149. The number of aryl methyl sites for hydroxylation is 1. The largest absolute Gasteiger partial charge is 0.365 e. The molecule has 2 aromatic rings. The molecule has 1 aliphatic heterocycles. The third-order valence-electron chi connectivity index (χ3n) is 3.85. The van der Waals surface area contributed by atoms with Crippen molar-refractivity contribution in [1.82, 2.24) is 20.6 Å². The Labute approximate surface area is 133 Å². The smallest absolute Gasteiger partial charge is 0.271 e. The molecule has 0 bridgehead atoms. The molecule has 0 unspecified atom stereocenters. The molecule has 7 heteroatoms. The number of anilines is 1. The summed E-state index contributed by atoms with van der Waals surface area (Å²) in [5.74, 6) is -0.149. The van der Waals surface area contributed by atoms with Crippen LogP contribution in [-0.2, 0) is 19.5 Å². The van der Waals surface area contributed by atoms with Crippen LogP contribution in [0.2, 0.25) is 0 Å². The van der Waals surface area contributed by atoms with Crippen molar-refractivity contribution in [3.63, 3.8) is 0 Å². The number of hydrogen-bond donors (Lipinski definition) is 3. The first-order chi connectivity index (χ1) is 10.7. The topological polar surface area (TPSA) is 78.9 Å². The van der Waals surface area contributed by atoms with Crippen molar-refractivity contribution >= 4 is 22.4 Å². The van der Waals surface area contributed by atoms with Crippen molar-refractivity contribution in [3.05, 3.63) is 39.7 Å². The van der Waals surface area contributed by atoms with Gasteiger partial charge in [-0.15, -0.1) is 11.3 Å². The van der Waals surface area contributed by atoms with E-state index >= 15 is 0 Å². The van der Waals surface area contributed by atoms with E-state index in [0.29, 0.717) is 12.2 Å². The number of thiazole rings is 1. The van der Waals surface area contributed by atoms with Crippen LogP contribution in [-0.4, -0.2) is 29.5 Å². The highest BCUT2D eigenvalue weighted by atomic mass is 32.1. The van der Waals surface area contributed by atoms with Crippen molar-refractivity contribution in [2.45, 2.75) is 26.4 Å². The number of amides is 1. The molecule has 0 aliphatic carbocycles. The summed E-state index contributed by atoms with van der Waals surface area (Å²) < 4.78 is 0. The molecular formula is C15H19N5OS.